The van der Waals surface area contributed by atoms with Gasteiger partial charge in [-0.3, -0.25) is 0 Å². The smallest absolute Gasteiger partial charge is 0.338 e. The van der Waals surface area contributed by atoms with Crippen LogP contribution in [0.25, 0.3) is 0 Å². The molecule has 158 valence electrons. The van der Waals surface area contributed by atoms with Crippen molar-refractivity contribution in [3.63, 3.8) is 0 Å². The molecule has 0 aliphatic rings. The molecule has 0 amide bonds. The van der Waals surface area contributed by atoms with Crippen LogP contribution in [-0.2, 0) is 4.74 Å². The third-order valence-electron chi connectivity index (χ3n) is 3.73. The van der Waals surface area contributed by atoms with Gasteiger partial charge < -0.3 is 19.9 Å². The van der Waals surface area contributed by atoms with Gasteiger partial charge in [0.2, 0.25) is 5.13 Å². The number of carbonyl (C=O) groups excluding carboxylic acids is 1. The maximum absolute atomic E-state index is 13.7. The lowest BCUT2D eigenvalue weighted by atomic mass is 10.2. The highest BCUT2D eigenvalue weighted by molar-refractivity contribution is 8.01. The highest BCUT2D eigenvalue weighted by Gasteiger charge is 2.12. The molecule has 0 aliphatic heterocycles. The van der Waals surface area contributed by atoms with Gasteiger partial charge in [0.15, 0.2) is 4.34 Å². The fourth-order valence-corrected chi connectivity index (χ4v) is 4.00. The number of para-hydroxylation sites is 1. The zero-order valence-corrected chi connectivity index (χ0v) is 17.7. The Balaban J connectivity index is 1.43. The molecular weight excluding hydrogens is 429 g/mol. The summed E-state index contributed by atoms with van der Waals surface area (Å²) in [6.45, 7) is 2.15. The molecule has 7 nitrogen and oxygen atoms in total. The molecule has 0 saturated heterocycles. The summed E-state index contributed by atoms with van der Waals surface area (Å²) < 4.78 is 24.8. The number of benzene rings is 2. The van der Waals surface area contributed by atoms with Crippen LogP contribution in [0.2, 0.25) is 0 Å². The number of carbonyl (C=O) groups is 1. The number of nitrogens with zero attached hydrogens (tertiary/aromatic N) is 2. The van der Waals surface area contributed by atoms with Gasteiger partial charge in [-0.1, -0.05) is 35.2 Å². The maximum Gasteiger partial charge on any atom is 0.338 e. The Bertz CT molecular complexity index is 969. The predicted molar refractivity (Wildman–Crippen MR) is 114 cm³/mol. The van der Waals surface area contributed by atoms with E-state index in [1.165, 1.54) is 29.2 Å². The van der Waals surface area contributed by atoms with E-state index in [0.717, 1.165) is 0 Å². The van der Waals surface area contributed by atoms with E-state index in [2.05, 4.69) is 15.5 Å². The lowest BCUT2D eigenvalue weighted by Gasteiger charge is -2.11. The van der Waals surface area contributed by atoms with E-state index < -0.39 is 6.10 Å². The number of thioether (sulfide) groups is 1. The minimum Gasteiger partial charge on any atom is -0.491 e. The van der Waals surface area contributed by atoms with Gasteiger partial charge in [0.05, 0.1) is 24.0 Å². The summed E-state index contributed by atoms with van der Waals surface area (Å²) in [5.74, 6) is 0.139. The summed E-state index contributed by atoms with van der Waals surface area (Å²) >= 11 is 2.60. The second-order valence-corrected chi connectivity index (χ2v) is 8.24. The van der Waals surface area contributed by atoms with E-state index in [1.54, 1.807) is 49.4 Å². The van der Waals surface area contributed by atoms with Gasteiger partial charge in [0, 0.05) is 5.75 Å². The van der Waals surface area contributed by atoms with Crippen LogP contribution in [0.5, 0.6) is 5.75 Å². The zero-order chi connectivity index (χ0) is 21.3. The van der Waals surface area contributed by atoms with Gasteiger partial charge in [0.1, 0.15) is 18.2 Å². The quantitative estimate of drug-likeness (QED) is 0.353. The first-order valence-electron chi connectivity index (χ1n) is 9.11. The van der Waals surface area contributed by atoms with Gasteiger partial charge in [-0.25, -0.2) is 9.18 Å². The van der Waals surface area contributed by atoms with Crippen LogP contribution in [0.15, 0.2) is 52.9 Å². The number of anilines is 2. The van der Waals surface area contributed by atoms with E-state index in [4.69, 9.17) is 9.47 Å². The Labute approximate surface area is 181 Å². The molecule has 0 aliphatic carbocycles. The van der Waals surface area contributed by atoms with Gasteiger partial charge in [-0.2, -0.15) is 0 Å². The first-order valence-corrected chi connectivity index (χ1v) is 10.9. The van der Waals surface area contributed by atoms with Gasteiger partial charge in [-0.15, -0.1) is 10.2 Å². The molecule has 3 aromatic rings. The Morgan fingerprint density at radius 3 is 2.73 bits per heavy atom. The van der Waals surface area contributed by atoms with E-state index >= 15 is 0 Å². The molecular formula is C20H20FN3O4S2. The van der Waals surface area contributed by atoms with Crippen molar-refractivity contribution in [1.29, 1.82) is 0 Å². The number of aliphatic hydroxyl groups excluding tert-OH is 1. The van der Waals surface area contributed by atoms with Crippen LogP contribution in [0, 0.1) is 5.82 Å². The van der Waals surface area contributed by atoms with Crippen LogP contribution in [0.3, 0.4) is 0 Å². The standard InChI is InChI=1S/C20H20FN3O4S2/c1-2-27-18(26)13-7-9-15(10-8-13)28-11-14(25)12-29-20-24-23-19(30-20)22-17-6-4-3-5-16(17)21/h3-10,14,25H,2,11-12H2,1H3,(H,22,23). The second kappa shape index (κ2) is 10.9. The van der Waals surface area contributed by atoms with Crippen molar-refractivity contribution < 1.29 is 23.8 Å². The first-order chi connectivity index (χ1) is 14.5. The molecule has 30 heavy (non-hydrogen) atoms. The Morgan fingerprint density at radius 2 is 2.00 bits per heavy atom. The molecule has 1 aromatic heterocycles. The molecule has 1 heterocycles. The van der Waals surface area contributed by atoms with Crippen molar-refractivity contribution in [3.8, 4) is 5.75 Å². The highest BCUT2D eigenvalue weighted by Crippen LogP contribution is 2.29. The third-order valence-corrected chi connectivity index (χ3v) is 5.85. The van der Waals surface area contributed by atoms with Crippen LogP contribution in [-0.4, -0.2) is 46.3 Å². The predicted octanol–water partition coefficient (Wildman–Crippen LogP) is 4.13. The Morgan fingerprint density at radius 1 is 1.23 bits per heavy atom. The molecule has 10 heteroatoms. The minimum atomic E-state index is -0.730. The molecule has 0 radical (unpaired) electrons. The van der Waals surface area contributed by atoms with Crippen LogP contribution >= 0.6 is 23.1 Å². The molecule has 3 rings (SSSR count). The summed E-state index contributed by atoms with van der Waals surface area (Å²) in [5, 5.41) is 21.5. The molecule has 2 N–H and O–H groups in total. The summed E-state index contributed by atoms with van der Waals surface area (Å²) in [4.78, 5) is 11.6. The van der Waals surface area contributed by atoms with Gasteiger partial charge in [-0.05, 0) is 43.3 Å². The molecule has 0 spiro atoms. The minimum absolute atomic E-state index is 0.0882. The third kappa shape index (κ3) is 6.41. The summed E-state index contributed by atoms with van der Waals surface area (Å²) in [6.07, 6.45) is -0.730. The number of rotatable bonds is 10. The lowest BCUT2D eigenvalue weighted by Crippen LogP contribution is -2.20. The number of ether oxygens (including phenoxy) is 2. The van der Waals surface area contributed by atoms with Crippen molar-refractivity contribution in [1.82, 2.24) is 10.2 Å². The molecule has 1 unspecified atom stereocenters. The fraction of sp³-hybridized carbons (Fsp3) is 0.250. The average molecular weight is 450 g/mol. The Hall–Kier alpha value is -2.69. The topological polar surface area (TPSA) is 93.6 Å². The van der Waals surface area contributed by atoms with Gasteiger partial charge >= 0.3 is 5.97 Å². The fourth-order valence-electron chi connectivity index (χ4n) is 2.31. The zero-order valence-electron chi connectivity index (χ0n) is 16.1. The number of aromatic nitrogens is 2. The summed E-state index contributed by atoms with van der Waals surface area (Å²) in [6, 6.07) is 12.8. The number of nitrogens with one attached hydrogen (secondary N) is 1. The van der Waals surface area contributed by atoms with Crippen LogP contribution in [0.4, 0.5) is 15.2 Å². The average Bonchev–Trinajstić information content (AvgIpc) is 3.20. The first kappa shape index (κ1) is 22.0. The largest absolute Gasteiger partial charge is 0.491 e. The summed E-state index contributed by atoms with van der Waals surface area (Å²) in [5.41, 5.74) is 0.768. The molecule has 0 saturated carbocycles. The monoisotopic (exact) mass is 449 g/mol. The van der Waals surface area contributed by atoms with Crippen LogP contribution in [0.1, 0.15) is 17.3 Å². The number of halogens is 1. The second-order valence-electron chi connectivity index (χ2n) is 6.00. The number of esters is 1. The Kier molecular flexibility index (Phi) is 8.00. The SMILES string of the molecule is CCOC(=O)c1ccc(OCC(O)CSc2nnc(Nc3ccccc3F)s2)cc1. The molecule has 2 aromatic carbocycles. The van der Waals surface area contributed by atoms with E-state index in [9.17, 15) is 14.3 Å². The van der Waals surface area contributed by atoms with E-state index in [1.807, 2.05) is 0 Å². The molecule has 0 fully saturated rings. The maximum atomic E-state index is 13.7. The van der Waals surface area contributed by atoms with Crippen molar-refractivity contribution >= 4 is 39.9 Å². The number of aliphatic hydroxyl groups is 1. The highest BCUT2D eigenvalue weighted by atomic mass is 32.2. The normalized spacial score (nSPS) is 11.7. The number of hydrogen-bond donors (Lipinski definition) is 2. The van der Waals surface area contributed by atoms with Gasteiger partial charge in [0.25, 0.3) is 0 Å². The van der Waals surface area contributed by atoms with Crippen molar-refractivity contribution in [3.05, 3.63) is 59.9 Å². The molecule has 1 atom stereocenters. The van der Waals surface area contributed by atoms with Crippen molar-refractivity contribution in [2.45, 2.75) is 17.4 Å². The van der Waals surface area contributed by atoms with Crippen molar-refractivity contribution in [2.75, 3.05) is 24.3 Å². The summed E-state index contributed by atoms with van der Waals surface area (Å²) in [7, 11) is 0. The van der Waals surface area contributed by atoms with E-state index in [0.29, 0.717) is 38.8 Å². The number of hydrogen-bond acceptors (Lipinski definition) is 9. The van der Waals surface area contributed by atoms with Crippen LogP contribution < -0.4 is 10.1 Å². The van der Waals surface area contributed by atoms with Crippen molar-refractivity contribution in [2.24, 2.45) is 0 Å². The molecule has 0 bridgehead atoms. The lowest BCUT2D eigenvalue weighted by molar-refractivity contribution is 0.0526. The van der Waals surface area contributed by atoms with E-state index in [-0.39, 0.29) is 18.4 Å².